The molecule has 0 aliphatic rings. The van der Waals surface area contributed by atoms with E-state index in [2.05, 4.69) is 42.1 Å². The molecule has 1 amide bonds. The number of carbonyl (C=O) groups is 2. The predicted octanol–water partition coefficient (Wildman–Crippen LogP) is 7.32. The summed E-state index contributed by atoms with van der Waals surface area (Å²) in [6.45, 7) is 8.21. The summed E-state index contributed by atoms with van der Waals surface area (Å²) >= 11 is 0. The smallest absolute Gasteiger partial charge is 0.489 e. The van der Waals surface area contributed by atoms with Crippen molar-refractivity contribution in [3.05, 3.63) is 94.0 Å². The van der Waals surface area contributed by atoms with Gasteiger partial charge in [0.2, 0.25) is 0 Å². The van der Waals surface area contributed by atoms with Crippen LogP contribution in [-0.4, -0.2) is 23.3 Å². The topological polar surface area (TPSA) is 84.9 Å². The average molecular weight is 558 g/mol. The summed E-state index contributed by atoms with van der Waals surface area (Å²) < 4.78 is 46.9. The highest BCUT2D eigenvalue weighted by Gasteiger charge is 2.31. The molecule has 0 saturated carbocycles. The molecular weight excluding hydrogens is 523 g/mol. The standard InChI is InChI=1S/C31H34F3NO5/c1-19(2)13-28(24-15-20(3)14-21(4)16-24)35-30(38)27-17-26(11-7-23(27)8-12-29(36)37)39-18-22-5-9-25(10-6-22)40-31(32,33)34/h5-7,9-11,14-17,19,28H,8,12-13,18H2,1-4H3,(H,35,38)(H,36,37). The lowest BCUT2D eigenvalue weighted by Crippen LogP contribution is -2.30. The molecule has 0 aliphatic carbocycles. The highest BCUT2D eigenvalue weighted by Crippen LogP contribution is 2.27. The summed E-state index contributed by atoms with van der Waals surface area (Å²) in [5.41, 5.74) is 4.66. The second kappa shape index (κ2) is 13.4. The second-order valence-electron chi connectivity index (χ2n) is 10.3. The number of hydrogen-bond acceptors (Lipinski definition) is 4. The predicted molar refractivity (Wildman–Crippen MR) is 145 cm³/mol. The number of ether oxygens (including phenoxy) is 2. The van der Waals surface area contributed by atoms with Gasteiger partial charge in [0.1, 0.15) is 18.1 Å². The van der Waals surface area contributed by atoms with Gasteiger partial charge in [-0.3, -0.25) is 9.59 Å². The Hall–Kier alpha value is -4.01. The minimum atomic E-state index is -4.77. The van der Waals surface area contributed by atoms with Gasteiger partial charge in [-0.2, -0.15) is 0 Å². The highest BCUT2D eigenvalue weighted by atomic mass is 19.4. The van der Waals surface area contributed by atoms with Crippen molar-refractivity contribution in [2.75, 3.05) is 0 Å². The fraction of sp³-hybridized carbons (Fsp3) is 0.355. The summed E-state index contributed by atoms with van der Waals surface area (Å²) in [6, 6.07) is 16.1. The number of carbonyl (C=O) groups excluding carboxylic acids is 1. The Kier molecular flexibility index (Phi) is 10.2. The van der Waals surface area contributed by atoms with Crippen LogP contribution in [0.15, 0.2) is 60.7 Å². The molecule has 3 aromatic rings. The van der Waals surface area contributed by atoms with Gasteiger partial charge in [0, 0.05) is 12.0 Å². The van der Waals surface area contributed by atoms with E-state index >= 15 is 0 Å². The van der Waals surface area contributed by atoms with E-state index in [1.807, 2.05) is 13.8 Å². The van der Waals surface area contributed by atoms with Crippen LogP contribution in [0, 0.1) is 19.8 Å². The first-order chi connectivity index (χ1) is 18.8. The van der Waals surface area contributed by atoms with Gasteiger partial charge in [0.25, 0.3) is 5.91 Å². The molecule has 9 heteroatoms. The van der Waals surface area contributed by atoms with Crippen molar-refractivity contribution >= 4 is 11.9 Å². The highest BCUT2D eigenvalue weighted by molar-refractivity contribution is 5.96. The zero-order valence-electron chi connectivity index (χ0n) is 23.0. The molecule has 3 aromatic carbocycles. The van der Waals surface area contributed by atoms with E-state index < -0.39 is 12.3 Å². The molecule has 1 unspecified atom stereocenters. The Bertz CT molecular complexity index is 1300. The third-order valence-corrected chi connectivity index (χ3v) is 6.16. The molecule has 0 saturated heterocycles. The van der Waals surface area contributed by atoms with Crippen LogP contribution in [-0.2, 0) is 17.8 Å². The van der Waals surface area contributed by atoms with Crippen molar-refractivity contribution < 1.29 is 37.3 Å². The van der Waals surface area contributed by atoms with Crippen LogP contribution in [0.3, 0.4) is 0 Å². The summed E-state index contributed by atoms with van der Waals surface area (Å²) in [5.74, 6) is -0.980. The number of alkyl halides is 3. The van der Waals surface area contributed by atoms with E-state index in [1.54, 1.807) is 18.2 Å². The molecule has 0 heterocycles. The Morgan fingerprint density at radius 2 is 1.55 bits per heavy atom. The molecule has 1 atom stereocenters. The number of carboxylic acid groups (broad SMARTS) is 1. The molecular formula is C31H34F3NO5. The molecule has 0 aromatic heterocycles. The first kappa shape index (κ1) is 30.5. The van der Waals surface area contributed by atoms with Gasteiger partial charge >= 0.3 is 12.3 Å². The van der Waals surface area contributed by atoms with Gasteiger partial charge in [0.05, 0.1) is 6.04 Å². The number of benzene rings is 3. The summed E-state index contributed by atoms with van der Waals surface area (Å²) in [5, 5.41) is 12.3. The third-order valence-electron chi connectivity index (χ3n) is 6.16. The fourth-order valence-electron chi connectivity index (χ4n) is 4.47. The quantitative estimate of drug-likeness (QED) is 0.244. The lowest BCUT2D eigenvalue weighted by atomic mass is 9.93. The summed E-state index contributed by atoms with van der Waals surface area (Å²) in [7, 11) is 0. The number of rotatable bonds is 12. The second-order valence-corrected chi connectivity index (χ2v) is 10.3. The van der Waals surface area contributed by atoms with Crippen molar-refractivity contribution in [3.63, 3.8) is 0 Å². The fourth-order valence-corrected chi connectivity index (χ4v) is 4.47. The number of amides is 1. The summed E-state index contributed by atoms with van der Waals surface area (Å²) in [6.07, 6.45) is -4.04. The number of aliphatic carboxylic acids is 1. The summed E-state index contributed by atoms with van der Waals surface area (Å²) in [4.78, 5) is 24.8. The van der Waals surface area contributed by atoms with Crippen molar-refractivity contribution in [3.8, 4) is 11.5 Å². The third kappa shape index (κ3) is 9.63. The van der Waals surface area contributed by atoms with Crippen LogP contribution in [0.2, 0.25) is 0 Å². The molecule has 0 bridgehead atoms. The van der Waals surface area contributed by atoms with Crippen molar-refractivity contribution in [1.82, 2.24) is 5.32 Å². The Morgan fingerprint density at radius 3 is 2.12 bits per heavy atom. The maximum absolute atomic E-state index is 13.6. The van der Waals surface area contributed by atoms with Crippen LogP contribution in [0.5, 0.6) is 11.5 Å². The van der Waals surface area contributed by atoms with E-state index in [4.69, 9.17) is 4.74 Å². The van der Waals surface area contributed by atoms with Crippen LogP contribution >= 0.6 is 0 Å². The van der Waals surface area contributed by atoms with Crippen LogP contribution in [0.1, 0.15) is 70.9 Å². The van der Waals surface area contributed by atoms with Gasteiger partial charge in [0.15, 0.2) is 0 Å². The maximum atomic E-state index is 13.6. The molecule has 0 aliphatic heterocycles. The van der Waals surface area contributed by atoms with Gasteiger partial charge < -0.3 is 19.9 Å². The van der Waals surface area contributed by atoms with Crippen molar-refractivity contribution in [1.29, 1.82) is 0 Å². The lowest BCUT2D eigenvalue weighted by molar-refractivity contribution is -0.274. The molecule has 0 spiro atoms. The Balaban J connectivity index is 1.83. The van der Waals surface area contributed by atoms with Gasteiger partial charge in [-0.05, 0) is 73.6 Å². The first-order valence-corrected chi connectivity index (χ1v) is 13.0. The Morgan fingerprint density at radius 1 is 0.925 bits per heavy atom. The number of nitrogens with one attached hydrogen (secondary N) is 1. The minimum absolute atomic E-state index is 0.0420. The molecule has 6 nitrogen and oxygen atoms in total. The van der Waals surface area contributed by atoms with E-state index in [9.17, 15) is 27.9 Å². The average Bonchev–Trinajstić information content (AvgIpc) is 2.85. The normalized spacial score (nSPS) is 12.2. The zero-order valence-corrected chi connectivity index (χ0v) is 23.0. The molecule has 0 fully saturated rings. The monoisotopic (exact) mass is 557 g/mol. The molecule has 214 valence electrons. The first-order valence-electron chi connectivity index (χ1n) is 13.0. The van der Waals surface area contributed by atoms with E-state index in [1.165, 1.54) is 24.3 Å². The zero-order chi connectivity index (χ0) is 29.4. The molecule has 3 rings (SSSR count). The van der Waals surface area contributed by atoms with Gasteiger partial charge in [-0.15, -0.1) is 13.2 Å². The van der Waals surface area contributed by atoms with Crippen LogP contribution < -0.4 is 14.8 Å². The molecule has 0 radical (unpaired) electrons. The lowest BCUT2D eigenvalue weighted by Gasteiger charge is -2.23. The molecule has 2 N–H and O–H groups in total. The van der Waals surface area contributed by atoms with Crippen molar-refractivity contribution in [2.45, 2.75) is 66.0 Å². The number of carboxylic acids is 1. The van der Waals surface area contributed by atoms with E-state index in [0.29, 0.717) is 34.8 Å². The number of halogens is 3. The largest absolute Gasteiger partial charge is 0.573 e. The minimum Gasteiger partial charge on any atom is -0.489 e. The van der Waals surface area contributed by atoms with Crippen LogP contribution in [0.25, 0.3) is 0 Å². The number of aryl methyl sites for hydroxylation is 3. The van der Waals surface area contributed by atoms with E-state index in [0.717, 1.165) is 16.7 Å². The maximum Gasteiger partial charge on any atom is 0.573 e. The van der Waals surface area contributed by atoms with Gasteiger partial charge in [-0.1, -0.05) is 61.4 Å². The molecule has 40 heavy (non-hydrogen) atoms. The van der Waals surface area contributed by atoms with Crippen molar-refractivity contribution in [2.24, 2.45) is 5.92 Å². The number of hydrogen-bond donors (Lipinski definition) is 2. The van der Waals surface area contributed by atoms with Crippen LogP contribution in [0.4, 0.5) is 13.2 Å². The Labute approximate surface area is 232 Å². The van der Waals surface area contributed by atoms with E-state index in [-0.39, 0.29) is 37.1 Å². The van der Waals surface area contributed by atoms with Gasteiger partial charge in [-0.25, -0.2) is 0 Å². The SMILES string of the molecule is Cc1cc(C)cc(C(CC(C)C)NC(=O)c2cc(OCc3ccc(OC(F)(F)F)cc3)ccc2CCC(=O)O)c1.